The van der Waals surface area contributed by atoms with Gasteiger partial charge < -0.3 is 29.7 Å². The Kier molecular flexibility index (Phi) is 10.9. The molecule has 43 heavy (non-hydrogen) atoms. The Morgan fingerprint density at radius 1 is 1.14 bits per heavy atom. The van der Waals surface area contributed by atoms with Gasteiger partial charge in [0.15, 0.2) is 0 Å². The predicted molar refractivity (Wildman–Crippen MR) is 162 cm³/mol. The van der Waals surface area contributed by atoms with E-state index in [0.29, 0.717) is 45.0 Å². The van der Waals surface area contributed by atoms with Gasteiger partial charge in [0.25, 0.3) is 5.91 Å². The maximum absolute atomic E-state index is 14.0. The van der Waals surface area contributed by atoms with Crippen LogP contribution < -0.4 is 10.6 Å². The fourth-order valence-electron chi connectivity index (χ4n) is 5.77. The molecule has 11 heteroatoms. The highest BCUT2D eigenvalue weighted by Gasteiger charge is 2.41. The highest BCUT2D eigenvalue weighted by atomic mass is 19.1. The number of nitrogens with one attached hydrogen (secondary N) is 2. The lowest BCUT2D eigenvalue weighted by molar-refractivity contribution is -0.140. The summed E-state index contributed by atoms with van der Waals surface area (Å²) in [6, 6.07) is 5.19. The van der Waals surface area contributed by atoms with Gasteiger partial charge in [0.05, 0.1) is 12.4 Å². The first-order valence-corrected chi connectivity index (χ1v) is 15.4. The third-order valence-electron chi connectivity index (χ3n) is 8.62. The fourth-order valence-corrected chi connectivity index (χ4v) is 5.77. The quantitative estimate of drug-likeness (QED) is 0.412. The van der Waals surface area contributed by atoms with Crippen LogP contribution >= 0.6 is 0 Å². The number of likely N-dealkylation sites (tertiary alicyclic amines) is 1. The molecule has 3 amide bonds. The van der Waals surface area contributed by atoms with Crippen LogP contribution in [-0.4, -0.2) is 95.1 Å². The molecule has 3 atom stereocenters. The number of nitrogens with zero attached hydrogens (tertiary/aromatic N) is 4. The summed E-state index contributed by atoms with van der Waals surface area (Å²) in [6.45, 7) is 10.3. The second-order valence-corrected chi connectivity index (χ2v) is 12.8. The number of likely N-dealkylation sites (N-methyl/N-ethyl adjacent to an activating group) is 1. The first kappa shape index (κ1) is 32.6. The molecule has 2 aliphatic rings. The summed E-state index contributed by atoms with van der Waals surface area (Å²) in [6.07, 6.45) is 7.37. The van der Waals surface area contributed by atoms with Crippen molar-refractivity contribution in [2.45, 2.75) is 84.0 Å². The van der Waals surface area contributed by atoms with Gasteiger partial charge >= 0.3 is 0 Å². The van der Waals surface area contributed by atoms with E-state index in [1.807, 2.05) is 36.4 Å². The summed E-state index contributed by atoms with van der Waals surface area (Å²) in [5, 5.41) is 5.90. The molecular formula is C32H47FN6O4. The molecule has 3 heterocycles. The second kappa shape index (κ2) is 14.4. The van der Waals surface area contributed by atoms with Crippen molar-refractivity contribution in [3.8, 4) is 0 Å². The molecule has 3 unspecified atom stereocenters. The van der Waals surface area contributed by atoms with Crippen molar-refractivity contribution >= 4 is 17.7 Å². The lowest BCUT2D eigenvalue weighted by atomic mass is 9.85. The van der Waals surface area contributed by atoms with Gasteiger partial charge in [-0.25, -0.2) is 9.37 Å². The van der Waals surface area contributed by atoms with Crippen molar-refractivity contribution in [3.05, 3.63) is 53.9 Å². The van der Waals surface area contributed by atoms with Crippen LogP contribution in [0.3, 0.4) is 0 Å². The van der Waals surface area contributed by atoms with Crippen molar-refractivity contribution in [3.63, 3.8) is 0 Å². The van der Waals surface area contributed by atoms with Gasteiger partial charge in [0.1, 0.15) is 17.6 Å². The van der Waals surface area contributed by atoms with Crippen molar-refractivity contribution in [1.29, 1.82) is 0 Å². The Morgan fingerprint density at radius 3 is 2.49 bits per heavy atom. The highest BCUT2D eigenvalue weighted by Crippen LogP contribution is 2.27. The number of carbonyl (C=O) groups is 3. The molecule has 1 aromatic heterocycles. The standard InChI is InChI=1S/C32H47FN6O4/c1-22(34-5)29(40)36-28(32(2,3)4)31(42)39-15-6-7-26(39)19-37(16-12-23-8-10-24(33)11-9-23)30(41)27-20-38(21-35-27)25-13-17-43-18-14-25/h8-11,20-22,25-26,28,34H,6-7,12-19H2,1-5H3,(H,36,40). The minimum atomic E-state index is -0.713. The molecule has 1 aromatic carbocycles. The number of rotatable bonds is 11. The molecule has 0 bridgehead atoms. The number of hydrogen-bond acceptors (Lipinski definition) is 6. The normalized spacial score (nSPS) is 19.2. The maximum Gasteiger partial charge on any atom is 0.274 e. The Balaban J connectivity index is 1.53. The van der Waals surface area contributed by atoms with Gasteiger partial charge in [0.2, 0.25) is 11.8 Å². The highest BCUT2D eigenvalue weighted by molar-refractivity contribution is 5.92. The Hall–Kier alpha value is -3.31. The summed E-state index contributed by atoms with van der Waals surface area (Å²) in [5.74, 6) is -0.875. The van der Waals surface area contributed by atoms with E-state index < -0.39 is 17.5 Å². The van der Waals surface area contributed by atoms with E-state index in [9.17, 15) is 18.8 Å². The van der Waals surface area contributed by atoms with Gasteiger partial charge in [-0.15, -0.1) is 0 Å². The number of amides is 3. The molecule has 0 aliphatic carbocycles. The SMILES string of the molecule is CNC(C)C(=O)NC(C(=O)N1CCCC1CN(CCc1ccc(F)cc1)C(=O)c1cn(C2CCOCC2)cn1)C(C)(C)C. The third-order valence-corrected chi connectivity index (χ3v) is 8.62. The molecule has 2 fully saturated rings. The van der Waals surface area contributed by atoms with E-state index in [-0.39, 0.29) is 35.6 Å². The van der Waals surface area contributed by atoms with Crippen LogP contribution in [0.5, 0.6) is 0 Å². The summed E-state index contributed by atoms with van der Waals surface area (Å²) in [5.41, 5.74) is 0.769. The number of aromatic nitrogens is 2. The van der Waals surface area contributed by atoms with Crippen LogP contribution in [0.2, 0.25) is 0 Å². The molecule has 0 saturated carbocycles. The topological polar surface area (TPSA) is 109 Å². The van der Waals surface area contributed by atoms with E-state index in [1.54, 1.807) is 37.3 Å². The van der Waals surface area contributed by atoms with E-state index in [4.69, 9.17) is 4.74 Å². The van der Waals surface area contributed by atoms with Crippen LogP contribution in [0.25, 0.3) is 0 Å². The molecule has 2 saturated heterocycles. The van der Waals surface area contributed by atoms with Crippen molar-refractivity contribution < 1.29 is 23.5 Å². The monoisotopic (exact) mass is 598 g/mol. The van der Waals surface area contributed by atoms with E-state index >= 15 is 0 Å². The Morgan fingerprint density at radius 2 is 1.84 bits per heavy atom. The van der Waals surface area contributed by atoms with Gasteiger partial charge in [-0.2, -0.15) is 0 Å². The molecular weight excluding hydrogens is 551 g/mol. The average molecular weight is 599 g/mol. The van der Waals surface area contributed by atoms with E-state index in [0.717, 1.165) is 31.2 Å². The number of imidazole rings is 1. The molecule has 4 rings (SSSR count). The summed E-state index contributed by atoms with van der Waals surface area (Å²) < 4.78 is 21.0. The fraction of sp³-hybridized carbons (Fsp3) is 0.625. The Bertz CT molecular complexity index is 1240. The molecule has 2 aromatic rings. The minimum absolute atomic E-state index is 0.138. The zero-order valence-corrected chi connectivity index (χ0v) is 26.1. The van der Waals surface area contributed by atoms with Crippen LogP contribution in [0.1, 0.15) is 75.5 Å². The lowest BCUT2D eigenvalue weighted by Gasteiger charge is -2.37. The van der Waals surface area contributed by atoms with Crippen LogP contribution in [0.15, 0.2) is 36.8 Å². The smallest absolute Gasteiger partial charge is 0.274 e. The number of halogens is 1. The van der Waals surface area contributed by atoms with Crippen molar-refractivity contribution in [2.75, 3.05) is 39.9 Å². The minimum Gasteiger partial charge on any atom is -0.381 e. The van der Waals surface area contributed by atoms with Gasteiger partial charge in [-0.1, -0.05) is 32.9 Å². The van der Waals surface area contributed by atoms with Crippen molar-refractivity contribution in [1.82, 2.24) is 30.0 Å². The van der Waals surface area contributed by atoms with E-state index in [2.05, 4.69) is 15.6 Å². The van der Waals surface area contributed by atoms with Crippen molar-refractivity contribution in [2.24, 2.45) is 5.41 Å². The summed E-state index contributed by atoms with van der Waals surface area (Å²) in [4.78, 5) is 48.8. The van der Waals surface area contributed by atoms with Gasteiger partial charge in [-0.05, 0) is 69.2 Å². The maximum atomic E-state index is 14.0. The van der Waals surface area contributed by atoms with E-state index in [1.165, 1.54) is 12.1 Å². The first-order valence-electron chi connectivity index (χ1n) is 15.4. The predicted octanol–water partition coefficient (Wildman–Crippen LogP) is 3.19. The molecule has 0 spiro atoms. The molecule has 0 radical (unpaired) electrons. The molecule has 2 N–H and O–H groups in total. The summed E-state index contributed by atoms with van der Waals surface area (Å²) in [7, 11) is 1.71. The van der Waals surface area contributed by atoms with Crippen LogP contribution in [0.4, 0.5) is 4.39 Å². The van der Waals surface area contributed by atoms with Gasteiger partial charge in [0, 0.05) is 51.1 Å². The number of benzene rings is 1. The third kappa shape index (κ3) is 8.41. The molecule has 2 aliphatic heterocycles. The molecule has 236 valence electrons. The lowest BCUT2D eigenvalue weighted by Crippen LogP contribution is -2.59. The van der Waals surface area contributed by atoms with Crippen LogP contribution in [-0.2, 0) is 20.7 Å². The summed E-state index contributed by atoms with van der Waals surface area (Å²) >= 11 is 0. The second-order valence-electron chi connectivity index (χ2n) is 12.8. The zero-order chi connectivity index (χ0) is 31.1. The first-order chi connectivity index (χ1) is 20.5. The largest absolute Gasteiger partial charge is 0.381 e. The zero-order valence-electron chi connectivity index (χ0n) is 26.1. The molecule has 10 nitrogen and oxygen atoms in total. The van der Waals surface area contributed by atoms with Crippen LogP contribution in [0, 0.1) is 11.2 Å². The number of ether oxygens (including phenoxy) is 1. The Labute approximate surface area is 254 Å². The number of carbonyl (C=O) groups excluding carboxylic acids is 3. The average Bonchev–Trinajstić information content (AvgIpc) is 3.68. The van der Waals surface area contributed by atoms with Gasteiger partial charge in [-0.3, -0.25) is 14.4 Å². The number of hydrogen-bond donors (Lipinski definition) is 2.